The lowest BCUT2D eigenvalue weighted by atomic mass is 10.0. The Kier molecular flexibility index (Phi) is 3.26. The lowest BCUT2D eigenvalue weighted by molar-refractivity contribution is 0.967. The average Bonchev–Trinajstić information content (AvgIpc) is 2.09. The summed E-state index contributed by atoms with van der Waals surface area (Å²) in [6, 6.07) is 4.08. The molecule has 1 aromatic carbocycles. The third-order valence-electron chi connectivity index (χ3n) is 1.96. The van der Waals surface area contributed by atoms with E-state index in [9.17, 15) is 0 Å². The first-order valence-electron chi connectivity index (χ1n) is 3.87. The van der Waals surface area contributed by atoms with Crippen LogP contribution in [0.5, 0.6) is 0 Å². The van der Waals surface area contributed by atoms with Crippen LogP contribution in [0.25, 0.3) is 0 Å². The van der Waals surface area contributed by atoms with Crippen molar-refractivity contribution in [2.24, 2.45) is 11.5 Å². The van der Waals surface area contributed by atoms with E-state index < -0.39 is 0 Å². The van der Waals surface area contributed by atoms with Crippen LogP contribution < -0.4 is 11.5 Å². The predicted molar refractivity (Wildman–Crippen MR) is 54.7 cm³/mol. The SMILES string of the molecule is Cc1ccc(CN)c(CN)c1Br. The van der Waals surface area contributed by atoms with E-state index >= 15 is 0 Å². The molecule has 0 atom stereocenters. The first kappa shape index (κ1) is 9.71. The Bertz CT molecular complexity index is 284. The molecule has 0 saturated heterocycles. The zero-order valence-electron chi connectivity index (χ0n) is 7.10. The molecule has 3 heteroatoms. The lowest BCUT2D eigenvalue weighted by Crippen LogP contribution is -2.07. The monoisotopic (exact) mass is 228 g/mol. The first-order valence-corrected chi connectivity index (χ1v) is 4.67. The summed E-state index contributed by atoms with van der Waals surface area (Å²) in [7, 11) is 0. The zero-order chi connectivity index (χ0) is 9.14. The van der Waals surface area contributed by atoms with Crippen molar-refractivity contribution in [2.75, 3.05) is 0 Å². The second kappa shape index (κ2) is 4.03. The molecule has 0 amide bonds. The predicted octanol–water partition coefficient (Wildman–Crippen LogP) is 1.67. The molecule has 4 N–H and O–H groups in total. The Hall–Kier alpha value is -0.380. The fourth-order valence-electron chi connectivity index (χ4n) is 1.19. The van der Waals surface area contributed by atoms with Gasteiger partial charge in [-0.15, -0.1) is 0 Å². The third kappa shape index (κ3) is 1.68. The summed E-state index contributed by atoms with van der Waals surface area (Å²) in [5.74, 6) is 0. The summed E-state index contributed by atoms with van der Waals surface area (Å²) >= 11 is 3.50. The summed E-state index contributed by atoms with van der Waals surface area (Å²) < 4.78 is 1.09. The molecule has 0 unspecified atom stereocenters. The van der Waals surface area contributed by atoms with E-state index in [0.717, 1.165) is 15.6 Å². The quantitative estimate of drug-likeness (QED) is 0.810. The smallest absolute Gasteiger partial charge is 0.0252 e. The number of aryl methyl sites for hydroxylation is 1. The van der Waals surface area contributed by atoms with Gasteiger partial charge in [0.2, 0.25) is 0 Å². The summed E-state index contributed by atoms with van der Waals surface area (Å²) in [4.78, 5) is 0. The Morgan fingerprint density at radius 1 is 1.25 bits per heavy atom. The van der Waals surface area contributed by atoms with Gasteiger partial charge in [0.05, 0.1) is 0 Å². The molecule has 0 fully saturated rings. The van der Waals surface area contributed by atoms with Crippen molar-refractivity contribution in [2.45, 2.75) is 20.0 Å². The Labute approximate surface area is 81.1 Å². The highest BCUT2D eigenvalue weighted by molar-refractivity contribution is 9.10. The van der Waals surface area contributed by atoms with Crippen molar-refractivity contribution in [3.05, 3.63) is 33.3 Å². The highest BCUT2D eigenvalue weighted by Gasteiger charge is 2.05. The molecule has 1 rings (SSSR count). The van der Waals surface area contributed by atoms with E-state index in [0.29, 0.717) is 13.1 Å². The standard InChI is InChI=1S/C9H13BrN2/c1-6-2-3-7(4-11)8(5-12)9(6)10/h2-3H,4-5,11-12H2,1H3. The molecule has 66 valence electrons. The minimum Gasteiger partial charge on any atom is -0.326 e. The summed E-state index contributed by atoms with van der Waals surface area (Å²) in [5.41, 5.74) is 14.6. The maximum Gasteiger partial charge on any atom is 0.0252 e. The maximum atomic E-state index is 5.61. The Balaban J connectivity index is 3.25. The second-order valence-electron chi connectivity index (χ2n) is 2.74. The molecule has 0 saturated carbocycles. The minimum absolute atomic E-state index is 0.537. The summed E-state index contributed by atoms with van der Waals surface area (Å²) in [5, 5.41) is 0. The maximum absolute atomic E-state index is 5.61. The average molecular weight is 229 g/mol. The Morgan fingerprint density at radius 3 is 2.42 bits per heavy atom. The zero-order valence-corrected chi connectivity index (χ0v) is 8.69. The molecule has 0 aromatic heterocycles. The van der Waals surface area contributed by atoms with Crippen molar-refractivity contribution < 1.29 is 0 Å². The van der Waals surface area contributed by atoms with Crippen LogP contribution in [-0.2, 0) is 13.1 Å². The topological polar surface area (TPSA) is 52.0 Å². The van der Waals surface area contributed by atoms with Crippen LogP contribution in [0, 0.1) is 6.92 Å². The van der Waals surface area contributed by atoms with E-state index in [-0.39, 0.29) is 0 Å². The molecule has 0 radical (unpaired) electrons. The Morgan fingerprint density at radius 2 is 1.92 bits per heavy atom. The van der Waals surface area contributed by atoms with Crippen LogP contribution in [0.4, 0.5) is 0 Å². The molecule has 0 aliphatic carbocycles. The third-order valence-corrected chi connectivity index (χ3v) is 3.06. The number of hydrogen-bond acceptors (Lipinski definition) is 2. The summed E-state index contributed by atoms with van der Waals surface area (Å²) in [6.45, 7) is 3.13. The van der Waals surface area contributed by atoms with Gasteiger partial charge >= 0.3 is 0 Å². The van der Waals surface area contributed by atoms with Crippen molar-refractivity contribution in [3.63, 3.8) is 0 Å². The normalized spacial score (nSPS) is 10.3. The van der Waals surface area contributed by atoms with Gasteiger partial charge in [0, 0.05) is 17.6 Å². The van der Waals surface area contributed by atoms with Gasteiger partial charge in [0.15, 0.2) is 0 Å². The molecule has 12 heavy (non-hydrogen) atoms. The van der Waals surface area contributed by atoms with Crippen LogP contribution >= 0.6 is 15.9 Å². The van der Waals surface area contributed by atoms with Gasteiger partial charge in [0.25, 0.3) is 0 Å². The van der Waals surface area contributed by atoms with E-state index in [1.165, 1.54) is 5.56 Å². The molecular weight excluding hydrogens is 216 g/mol. The highest BCUT2D eigenvalue weighted by atomic mass is 79.9. The summed E-state index contributed by atoms with van der Waals surface area (Å²) in [6.07, 6.45) is 0. The van der Waals surface area contributed by atoms with Crippen LogP contribution in [0.15, 0.2) is 16.6 Å². The van der Waals surface area contributed by atoms with Gasteiger partial charge in [-0.25, -0.2) is 0 Å². The van der Waals surface area contributed by atoms with Gasteiger partial charge in [-0.1, -0.05) is 28.1 Å². The van der Waals surface area contributed by atoms with E-state index in [1.807, 2.05) is 19.1 Å². The van der Waals surface area contributed by atoms with Gasteiger partial charge < -0.3 is 11.5 Å². The largest absolute Gasteiger partial charge is 0.326 e. The van der Waals surface area contributed by atoms with Crippen molar-refractivity contribution >= 4 is 15.9 Å². The molecule has 1 aromatic rings. The number of rotatable bonds is 2. The van der Waals surface area contributed by atoms with Gasteiger partial charge in [-0.3, -0.25) is 0 Å². The minimum atomic E-state index is 0.537. The van der Waals surface area contributed by atoms with Crippen LogP contribution in [0.2, 0.25) is 0 Å². The van der Waals surface area contributed by atoms with Gasteiger partial charge in [-0.05, 0) is 23.6 Å². The number of nitrogens with two attached hydrogens (primary N) is 2. The first-order chi connectivity index (χ1) is 5.70. The van der Waals surface area contributed by atoms with Crippen molar-refractivity contribution in [1.29, 1.82) is 0 Å². The van der Waals surface area contributed by atoms with E-state index in [4.69, 9.17) is 11.5 Å². The number of halogens is 1. The molecule has 0 aliphatic heterocycles. The van der Waals surface area contributed by atoms with E-state index in [1.54, 1.807) is 0 Å². The molecule has 0 heterocycles. The van der Waals surface area contributed by atoms with Gasteiger partial charge in [0.1, 0.15) is 0 Å². The van der Waals surface area contributed by atoms with Crippen LogP contribution in [0.3, 0.4) is 0 Å². The number of benzene rings is 1. The van der Waals surface area contributed by atoms with Crippen molar-refractivity contribution in [3.8, 4) is 0 Å². The molecule has 2 nitrogen and oxygen atoms in total. The lowest BCUT2D eigenvalue weighted by Gasteiger charge is -2.09. The van der Waals surface area contributed by atoms with Crippen LogP contribution in [0.1, 0.15) is 16.7 Å². The molecular formula is C9H13BrN2. The molecule has 0 aliphatic rings. The van der Waals surface area contributed by atoms with Crippen LogP contribution in [-0.4, -0.2) is 0 Å². The van der Waals surface area contributed by atoms with Gasteiger partial charge in [-0.2, -0.15) is 0 Å². The number of hydrogen-bond donors (Lipinski definition) is 2. The fourth-order valence-corrected chi connectivity index (χ4v) is 1.74. The van der Waals surface area contributed by atoms with Crippen molar-refractivity contribution in [1.82, 2.24) is 0 Å². The molecule has 0 bridgehead atoms. The second-order valence-corrected chi connectivity index (χ2v) is 3.54. The molecule has 0 spiro atoms. The highest BCUT2D eigenvalue weighted by Crippen LogP contribution is 2.23. The fraction of sp³-hybridized carbons (Fsp3) is 0.333. The van der Waals surface area contributed by atoms with E-state index in [2.05, 4.69) is 15.9 Å².